The number of carbonyl (C=O) groups excluding carboxylic acids is 1. The minimum absolute atomic E-state index is 0.0425. The number of hydrogen-bond acceptors (Lipinski definition) is 4. The maximum atomic E-state index is 11.4. The molecule has 1 aliphatic rings. The van der Waals surface area contributed by atoms with Gasteiger partial charge in [0.1, 0.15) is 4.99 Å². The minimum atomic E-state index is 0.0425. The van der Waals surface area contributed by atoms with Crippen LogP contribution in [0.4, 0.5) is 5.69 Å². The summed E-state index contributed by atoms with van der Waals surface area (Å²) in [6.45, 7) is 1.94. The first-order valence-corrected chi connectivity index (χ1v) is 5.85. The highest BCUT2D eigenvalue weighted by atomic mass is 32.1. The van der Waals surface area contributed by atoms with Gasteiger partial charge >= 0.3 is 0 Å². The number of carbonyl (C=O) groups is 1. The van der Waals surface area contributed by atoms with Gasteiger partial charge < -0.3 is 16.0 Å². The van der Waals surface area contributed by atoms with Crippen molar-refractivity contribution in [2.75, 3.05) is 24.5 Å². The number of hydrogen-bond donors (Lipinski definition) is 2. The van der Waals surface area contributed by atoms with E-state index in [4.69, 9.17) is 18.0 Å². The van der Waals surface area contributed by atoms with Crippen LogP contribution in [0.1, 0.15) is 12.1 Å². The van der Waals surface area contributed by atoms with Crippen molar-refractivity contribution in [3.8, 4) is 0 Å². The molecule has 1 fully saturated rings. The summed E-state index contributed by atoms with van der Waals surface area (Å²) in [6.07, 6.45) is 2.63. The lowest BCUT2D eigenvalue weighted by atomic mass is 10.3. The van der Waals surface area contributed by atoms with Gasteiger partial charge in [0.2, 0.25) is 5.91 Å². The monoisotopic (exact) mass is 250 g/mol. The highest BCUT2D eigenvalue weighted by Crippen LogP contribution is 2.14. The summed E-state index contributed by atoms with van der Waals surface area (Å²) >= 11 is 4.84. The van der Waals surface area contributed by atoms with Crippen molar-refractivity contribution in [3.05, 3.63) is 24.0 Å². The van der Waals surface area contributed by atoms with Gasteiger partial charge in [-0.2, -0.15) is 0 Å². The predicted molar refractivity (Wildman–Crippen MR) is 70.0 cm³/mol. The van der Waals surface area contributed by atoms with E-state index in [2.05, 4.69) is 10.3 Å². The Morgan fingerprint density at radius 2 is 2.35 bits per heavy atom. The van der Waals surface area contributed by atoms with Gasteiger partial charge in [-0.3, -0.25) is 9.78 Å². The SMILES string of the molecule is NC(=S)c1ccc(N2CCCNC(=O)C2)cn1. The van der Waals surface area contributed by atoms with Crippen LogP contribution in [-0.4, -0.2) is 35.5 Å². The molecule has 0 radical (unpaired) electrons. The Morgan fingerprint density at radius 1 is 1.53 bits per heavy atom. The molecule has 0 bridgehead atoms. The molecule has 6 heteroatoms. The fraction of sp³-hybridized carbons (Fsp3) is 0.364. The van der Waals surface area contributed by atoms with E-state index in [1.165, 1.54) is 0 Å². The maximum Gasteiger partial charge on any atom is 0.239 e. The van der Waals surface area contributed by atoms with E-state index in [0.717, 1.165) is 25.2 Å². The molecule has 0 aliphatic carbocycles. The van der Waals surface area contributed by atoms with Crippen LogP contribution in [0.25, 0.3) is 0 Å². The Bertz CT molecular complexity index is 432. The summed E-state index contributed by atoms with van der Waals surface area (Å²) in [7, 11) is 0. The fourth-order valence-corrected chi connectivity index (χ4v) is 1.87. The van der Waals surface area contributed by atoms with E-state index in [-0.39, 0.29) is 10.9 Å². The zero-order chi connectivity index (χ0) is 12.3. The van der Waals surface area contributed by atoms with Crippen LogP contribution in [0.3, 0.4) is 0 Å². The molecular weight excluding hydrogens is 236 g/mol. The van der Waals surface area contributed by atoms with E-state index < -0.39 is 0 Å². The lowest BCUT2D eigenvalue weighted by Gasteiger charge is -2.20. The third-order valence-electron chi connectivity index (χ3n) is 2.63. The Kier molecular flexibility index (Phi) is 3.53. The van der Waals surface area contributed by atoms with Crippen molar-refractivity contribution in [1.82, 2.24) is 10.3 Å². The molecule has 17 heavy (non-hydrogen) atoms. The first-order chi connectivity index (χ1) is 8.16. The van der Waals surface area contributed by atoms with Crippen LogP contribution in [-0.2, 0) is 4.79 Å². The van der Waals surface area contributed by atoms with Crippen LogP contribution in [0, 0.1) is 0 Å². The number of nitrogens with one attached hydrogen (secondary N) is 1. The Labute approximate surface area is 105 Å². The standard InChI is InChI=1S/C11H14N4OS/c12-11(17)9-3-2-8(6-14-9)15-5-1-4-13-10(16)7-15/h2-3,6H,1,4-5,7H2,(H2,12,17)(H,13,16). The van der Waals surface area contributed by atoms with E-state index in [1.54, 1.807) is 12.3 Å². The molecular formula is C11H14N4OS. The first kappa shape index (κ1) is 11.8. The van der Waals surface area contributed by atoms with Crippen LogP contribution >= 0.6 is 12.2 Å². The number of nitrogens with zero attached hydrogens (tertiary/aromatic N) is 2. The molecule has 1 aromatic rings. The van der Waals surface area contributed by atoms with Crippen LogP contribution in [0.2, 0.25) is 0 Å². The van der Waals surface area contributed by atoms with E-state index >= 15 is 0 Å². The zero-order valence-electron chi connectivity index (χ0n) is 9.35. The van der Waals surface area contributed by atoms with Gasteiger partial charge in [0.15, 0.2) is 0 Å². The summed E-state index contributed by atoms with van der Waals surface area (Å²) in [6, 6.07) is 3.67. The molecule has 1 aromatic heterocycles. The maximum absolute atomic E-state index is 11.4. The largest absolute Gasteiger partial charge is 0.388 e. The molecule has 3 N–H and O–H groups in total. The fourth-order valence-electron chi connectivity index (χ4n) is 1.75. The molecule has 0 saturated carbocycles. The van der Waals surface area contributed by atoms with Crippen LogP contribution < -0.4 is 16.0 Å². The zero-order valence-corrected chi connectivity index (χ0v) is 10.2. The third-order valence-corrected chi connectivity index (χ3v) is 2.84. The number of amides is 1. The first-order valence-electron chi connectivity index (χ1n) is 5.44. The van der Waals surface area contributed by atoms with Gasteiger partial charge in [-0.25, -0.2) is 0 Å². The number of anilines is 1. The number of nitrogens with two attached hydrogens (primary N) is 1. The van der Waals surface area contributed by atoms with Gasteiger partial charge in [-0.15, -0.1) is 0 Å². The van der Waals surface area contributed by atoms with Gasteiger partial charge in [0, 0.05) is 13.1 Å². The molecule has 2 rings (SSSR count). The second-order valence-electron chi connectivity index (χ2n) is 3.89. The van der Waals surface area contributed by atoms with Gasteiger partial charge in [-0.1, -0.05) is 12.2 Å². The molecule has 1 aliphatic heterocycles. The summed E-state index contributed by atoms with van der Waals surface area (Å²) < 4.78 is 0. The van der Waals surface area contributed by atoms with Crippen LogP contribution in [0.15, 0.2) is 18.3 Å². The van der Waals surface area contributed by atoms with Gasteiger partial charge in [0.05, 0.1) is 24.1 Å². The minimum Gasteiger partial charge on any atom is -0.388 e. The average Bonchev–Trinajstić information content (AvgIpc) is 2.54. The average molecular weight is 250 g/mol. The molecule has 5 nitrogen and oxygen atoms in total. The highest BCUT2D eigenvalue weighted by molar-refractivity contribution is 7.80. The summed E-state index contributed by atoms with van der Waals surface area (Å²) in [5.74, 6) is 0.0425. The van der Waals surface area contributed by atoms with Gasteiger partial charge in [0.25, 0.3) is 0 Å². The van der Waals surface area contributed by atoms with Gasteiger partial charge in [-0.05, 0) is 18.6 Å². The molecule has 0 aromatic carbocycles. The Hall–Kier alpha value is -1.69. The summed E-state index contributed by atoms with van der Waals surface area (Å²) in [5.41, 5.74) is 7.00. The topological polar surface area (TPSA) is 71.2 Å². The molecule has 2 heterocycles. The number of pyridine rings is 1. The van der Waals surface area contributed by atoms with Crippen molar-refractivity contribution in [2.24, 2.45) is 5.73 Å². The highest BCUT2D eigenvalue weighted by Gasteiger charge is 2.15. The molecule has 0 spiro atoms. The van der Waals surface area contributed by atoms with E-state index in [9.17, 15) is 4.79 Å². The lowest BCUT2D eigenvalue weighted by Crippen LogP contribution is -2.33. The van der Waals surface area contributed by atoms with E-state index in [0.29, 0.717) is 12.2 Å². The molecule has 1 amide bonds. The Morgan fingerprint density at radius 3 is 3.00 bits per heavy atom. The number of aromatic nitrogens is 1. The Balaban J connectivity index is 2.15. The third kappa shape index (κ3) is 2.91. The van der Waals surface area contributed by atoms with Crippen molar-refractivity contribution in [2.45, 2.75) is 6.42 Å². The van der Waals surface area contributed by atoms with Crippen molar-refractivity contribution in [3.63, 3.8) is 0 Å². The smallest absolute Gasteiger partial charge is 0.239 e. The normalized spacial score (nSPS) is 16.2. The second-order valence-corrected chi connectivity index (χ2v) is 4.33. The van der Waals surface area contributed by atoms with Crippen molar-refractivity contribution < 1.29 is 4.79 Å². The van der Waals surface area contributed by atoms with E-state index in [1.807, 2.05) is 11.0 Å². The second kappa shape index (κ2) is 5.09. The molecule has 90 valence electrons. The number of thiocarbonyl (C=S) groups is 1. The summed E-state index contributed by atoms with van der Waals surface area (Å²) in [5, 5.41) is 2.83. The van der Waals surface area contributed by atoms with Crippen LogP contribution in [0.5, 0.6) is 0 Å². The quantitative estimate of drug-likeness (QED) is 0.725. The molecule has 0 unspecified atom stereocenters. The number of rotatable bonds is 2. The molecule has 0 atom stereocenters. The predicted octanol–water partition coefficient (Wildman–Crippen LogP) is 0.0421. The summed E-state index contributed by atoms with van der Waals surface area (Å²) in [4.78, 5) is 17.9. The molecule has 1 saturated heterocycles. The lowest BCUT2D eigenvalue weighted by molar-refractivity contribution is -0.119. The van der Waals surface area contributed by atoms with Crippen molar-refractivity contribution in [1.29, 1.82) is 0 Å². The van der Waals surface area contributed by atoms with Crippen molar-refractivity contribution >= 4 is 28.8 Å².